The molecule has 0 aliphatic heterocycles. The van der Waals surface area contributed by atoms with E-state index in [1.807, 2.05) is 14.1 Å². The standard InChI is InChI=1S/C14H31O4P.C2H7N.Na.H/c1-3-5-6-7-8-9-10-11-12-13-14-18-19(15,16)17-4-2;1-3-2;;/h3-14H2,1-2H3,(H,15,16);3H,1-2H3;;/q;;+1;-1. The summed E-state index contributed by atoms with van der Waals surface area (Å²) in [6.45, 7) is 4.42. The summed E-state index contributed by atoms with van der Waals surface area (Å²) in [7, 11) is -0.0196. The predicted octanol–water partition coefficient (Wildman–Crippen LogP) is 2.01. The molecule has 0 spiro atoms. The van der Waals surface area contributed by atoms with Crippen LogP contribution in [0.3, 0.4) is 0 Å². The molecular formula is C16H39NNaO4P. The van der Waals surface area contributed by atoms with Crippen LogP contribution in [0.15, 0.2) is 0 Å². The second kappa shape index (κ2) is 23.1. The third kappa shape index (κ3) is 28.2. The number of hydrogen-bond acceptors (Lipinski definition) is 4. The molecule has 1 unspecified atom stereocenters. The van der Waals surface area contributed by atoms with Crippen LogP contribution in [0.2, 0.25) is 0 Å². The Labute approximate surface area is 167 Å². The maximum atomic E-state index is 11.2. The molecule has 7 heteroatoms. The van der Waals surface area contributed by atoms with E-state index in [1.54, 1.807) is 6.92 Å². The maximum absolute atomic E-state index is 11.2. The summed E-state index contributed by atoms with van der Waals surface area (Å²) < 4.78 is 20.6. The summed E-state index contributed by atoms with van der Waals surface area (Å²) >= 11 is 0. The first-order valence-electron chi connectivity index (χ1n) is 8.74. The smallest absolute Gasteiger partial charge is 1.00 e. The molecule has 0 saturated carbocycles. The fourth-order valence-corrected chi connectivity index (χ4v) is 2.73. The molecule has 0 heterocycles. The molecule has 0 aromatic rings. The molecule has 0 radical (unpaired) electrons. The number of phosphoric ester groups is 1. The van der Waals surface area contributed by atoms with E-state index in [0.717, 1.165) is 12.8 Å². The second-order valence-electron chi connectivity index (χ2n) is 5.40. The third-order valence-corrected chi connectivity index (χ3v) is 4.14. The Morgan fingerprint density at radius 3 is 1.65 bits per heavy atom. The Balaban J connectivity index is -0.000000370. The van der Waals surface area contributed by atoms with Gasteiger partial charge in [0.25, 0.3) is 0 Å². The van der Waals surface area contributed by atoms with Gasteiger partial charge in [-0.1, -0.05) is 64.7 Å². The van der Waals surface area contributed by atoms with Crippen molar-refractivity contribution in [2.75, 3.05) is 27.3 Å². The van der Waals surface area contributed by atoms with Gasteiger partial charge in [0.1, 0.15) is 0 Å². The first-order valence-corrected chi connectivity index (χ1v) is 10.2. The van der Waals surface area contributed by atoms with E-state index in [0.29, 0.717) is 6.61 Å². The van der Waals surface area contributed by atoms with Crippen LogP contribution < -0.4 is 34.9 Å². The summed E-state index contributed by atoms with van der Waals surface area (Å²) in [6, 6.07) is 0. The van der Waals surface area contributed by atoms with Crippen molar-refractivity contribution in [1.82, 2.24) is 5.32 Å². The molecule has 0 aliphatic rings. The maximum Gasteiger partial charge on any atom is 1.00 e. The van der Waals surface area contributed by atoms with Gasteiger partial charge in [-0.25, -0.2) is 4.57 Å². The van der Waals surface area contributed by atoms with Crippen LogP contribution in [-0.2, 0) is 13.6 Å². The first kappa shape index (κ1) is 28.9. The Bertz CT molecular complexity index is 264. The van der Waals surface area contributed by atoms with Gasteiger partial charge in [-0.15, -0.1) is 0 Å². The fraction of sp³-hybridized carbons (Fsp3) is 1.00. The van der Waals surface area contributed by atoms with Gasteiger partial charge in [-0.2, -0.15) is 0 Å². The summed E-state index contributed by atoms with van der Waals surface area (Å²) in [5.74, 6) is 0. The van der Waals surface area contributed by atoms with E-state index in [1.165, 1.54) is 51.4 Å². The normalized spacial score (nSPS) is 12.7. The van der Waals surface area contributed by atoms with Crippen LogP contribution in [-0.4, -0.2) is 32.2 Å². The zero-order valence-corrected chi connectivity index (χ0v) is 19.0. The molecule has 0 aromatic carbocycles. The monoisotopic (exact) mass is 363 g/mol. The number of unbranched alkanes of at least 4 members (excludes halogenated alkanes) is 9. The number of hydrogen-bond donors (Lipinski definition) is 2. The molecule has 1 atom stereocenters. The van der Waals surface area contributed by atoms with Gasteiger partial charge in [0.15, 0.2) is 0 Å². The van der Waals surface area contributed by atoms with E-state index < -0.39 is 7.82 Å². The van der Waals surface area contributed by atoms with Crippen molar-refractivity contribution in [3.63, 3.8) is 0 Å². The third-order valence-electron chi connectivity index (χ3n) is 3.04. The van der Waals surface area contributed by atoms with E-state index in [4.69, 9.17) is 9.42 Å². The van der Waals surface area contributed by atoms with E-state index >= 15 is 0 Å². The van der Waals surface area contributed by atoms with Gasteiger partial charge < -0.3 is 11.6 Å². The van der Waals surface area contributed by atoms with Gasteiger partial charge in [0, 0.05) is 0 Å². The Morgan fingerprint density at radius 1 is 0.870 bits per heavy atom. The molecule has 0 rings (SSSR count). The van der Waals surface area contributed by atoms with Crippen molar-refractivity contribution >= 4 is 7.82 Å². The summed E-state index contributed by atoms with van der Waals surface area (Å²) in [6.07, 6.45) is 12.4. The van der Waals surface area contributed by atoms with Crippen molar-refractivity contribution in [3.05, 3.63) is 0 Å². The topological polar surface area (TPSA) is 67.8 Å². The molecule has 0 amide bonds. The molecular weight excluding hydrogens is 324 g/mol. The van der Waals surface area contributed by atoms with Gasteiger partial charge in [0.05, 0.1) is 13.2 Å². The molecule has 23 heavy (non-hydrogen) atoms. The molecule has 0 fully saturated rings. The summed E-state index contributed by atoms with van der Waals surface area (Å²) in [4.78, 5) is 9.17. The van der Waals surface area contributed by atoms with E-state index in [9.17, 15) is 4.57 Å². The SMILES string of the molecule is CCCCCCCCCCCCOP(=O)(O)OCC.CNC.[H-].[Na+]. The average molecular weight is 363 g/mol. The average Bonchev–Trinajstić information content (AvgIpc) is 2.45. The van der Waals surface area contributed by atoms with Crippen molar-refractivity contribution in [3.8, 4) is 0 Å². The largest absolute Gasteiger partial charge is 1.00 e. The minimum Gasteiger partial charge on any atom is -1.00 e. The van der Waals surface area contributed by atoms with Gasteiger partial charge >= 0.3 is 37.4 Å². The fourth-order valence-electron chi connectivity index (χ4n) is 1.97. The van der Waals surface area contributed by atoms with Crippen LogP contribution in [0, 0.1) is 0 Å². The summed E-state index contributed by atoms with van der Waals surface area (Å²) in [5, 5.41) is 2.75. The Morgan fingerprint density at radius 2 is 1.26 bits per heavy atom. The first-order chi connectivity index (χ1) is 10.5. The second-order valence-corrected chi connectivity index (χ2v) is 6.86. The molecule has 0 saturated heterocycles. The van der Waals surface area contributed by atoms with Gasteiger partial charge in [-0.05, 0) is 27.4 Å². The minimum atomic E-state index is -3.77. The molecule has 0 aliphatic carbocycles. The van der Waals surface area contributed by atoms with Gasteiger partial charge in [-0.3, -0.25) is 9.05 Å². The number of nitrogens with one attached hydrogen (secondary N) is 1. The van der Waals surface area contributed by atoms with Crippen molar-refractivity contribution in [2.45, 2.75) is 78.1 Å². The van der Waals surface area contributed by atoms with Crippen molar-refractivity contribution in [1.29, 1.82) is 0 Å². The van der Waals surface area contributed by atoms with Crippen LogP contribution in [0.25, 0.3) is 0 Å². The van der Waals surface area contributed by atoms with E-state index in [-0.39, 0.29) is 37.6 Å². The van der Waals surface area contributed by atoms with Crippen LogP contribution in [0.1, 0.15) is 79.5 Å². The number of rotatable bonds is 14. The Kier molecular flexibility index (Phi) is 28.9. The van der Waals surface area contributed by atoms with Gasteiger partial charge in [0.2, 0.25) is 0 Å². The molecule has 138 valence electrons. The Hall–Kier alpha value is 1.07. The van der Waals surface area contributed by atoms with E-state index in [2.05, 4.69) is 16.8 Å². The van der Waals surface area contributed by atoms with Crippen LogP contribution in [0.4, 0.5) is 0 Å². The predicted molar refractivity (Wildman–Crippen MR) is 95.3 cm³/mol. The van der Waals surface area contributed by atoms with Crippen molar-refractivity contribution < 1.29 is 49.5 Å². The van der Waals surface area contributed by atoms with Crippen LogP contribution in [0.5, 0.6) is 0 Å². The quantitative estimate of drug-likeness (QED) is 0.281. The number of phosphoric acid groups is 1. The molecule has 5 nitrogen and oxygen atoms in total. The summed E-state index contributed by atoms with van der Waals surface area (Å²) in [5.41, 5.74) is 0. The molecule has 2 N–H and O–H groups in total. The molecule has 0 aromatic heterocycles. The van der Waals surface area contributed by atoms with Crippen LogP contribution >= 0.6 is 7.82 Å². The molecule has 0 bridgehead atoms. The van der Waals surface area contributed by atoms with Crippen molar-refractivity contribution in [2.24, 2.45) is 0 Å². The zero-order valence-electron chi connectivity index (χ0n) is 17.1. The zero-order chi connectivity index (χ0) is 17.1. The minimum absolute atomic E-state index is 0.